The molecule has 0 bridgehead atoms. The Hall–Kier alpha value is -3.10. The molecule has 0 spiro atoms. The molecule has 1 amide bonds. The molecule has 0 aliphatic heterocycles. The Morgan fingerprint density at radius 2 is 1.91 bits per heavy atom. The number of aliphatic hydroxyl groups excluding tert-OH is 1. The van der Waals surface area contributed by atoms with Gasteiger partial charge in [0.25, 0.3) is 5.91 Å². The minimum Gasteiger partial charge on any atom is -0.379 e. The van der Waals surface area contributed by atoms with E-state index in [0.717, 1.165) is 18.6 Å². The molecule has 1 aliphatic carbocycles. The van der Waals surface area contributed by atoms with Gasteiger partial charge in [0.1, 0.15) is 5.56 Å². The molecule has 3 rings (SSSR count). The van der Waals surface area contributed by atoms with Crippen LogP contribution < -0.4 is 16.4 Å². The van der Waals surface area contributed by atoms with Crippen LogP contribution in [0.5, 0.6) is 0 Å². The highest BCUT2D eigenvalue weighted by Crippen LogP contribution is 2.36. The molecule has 4 atom stereocenters. The Balaban J connectivity index is 1.80. The summed E-state index contributed by atoms with van der Waals surface area (Å²) >= 11 is 0. The van der Waals surface area contributed by atoms with E-state index in [1.807, 2.05) is 0 Å². The minimum atomic E-state index is -4.77. The summed E-state index contributed by atoms with van der Waals surface area (Å²) in [5, 5.41) is 30.0. The maximum absolute atomic E-state index is 12.7. The number of halogens is 3. The van der Waals surface area contributed by atoms with Gasteiger partial charge in [0, 0.05) is 23.5 Å². The lowest BCUT2D eigenvalue weighted by atomic mass is 9.81. The first-order valence-electron chi connectivity index (χ1n) is 11.0. The zero-order valence-corrected chi connectivity index (χ0v) is 19.2. The third-order valence-electron chi connectivity index (χ3n) is 5.75. The Kier molecular flexibility index (Phi) is 7.24. The maximum atomic E-state index is 12.7. The van der Waals surface area contributed by atoms with Crippen LogP contribution in [-0.4, -0.2) is 38.6 Å². The smallest absolute Gasteiger partial charge is 0.379 e. The van der Waals surface area contributed by atoms with Crippen LogP contribution in [0, 0.1) is 17.2 Å². The fraction of sp³-hybridized carbons (Fsp3) is 0.522. The molecule has 0 unspecified atom stereocenters. The van der Waals surface area contributed by atoms with E-state index in [1.54, 1.807) is 4.68 Å². The van der Waals surface area contributed by atoms with Crippen molar-refractivity contribution in [3.05, 3.63) is 41.6 Å². The van der Waals surface area contributed by atoms with Crippen molar-refractivity contribution < 1.29 is 23.1 Å². The van der Waals surface area contributed by atoms with Crippen LogP contribution in [0.2, 0.25) is 0 Å². The van der Waals surface area contributed by atoms with E-state index >= 15 is 0 Å². The van der Waals surface area contributed by atoms with Gasteiger partial charge in [0.05, 0.1) is 18.0 Å². The lowest BCUT2D eigenvalue weighted by Crippen LogP contribution is -2.47. The van der Waals surface area contributed by atoms with Gasteiger partial charge in [-0.1, -0.05) is 12.1 Å². The van der Waals surface area contributed by atoms with Gasteiger partial charge in [-0.15, -0.1) is 0 Å². The number of nitriles is 1. The molecule has 1 aromatic carbocycles. The number of carbonyl (C=O) groups excluding carboxylic acids is 1. The normalized spacial score (nSPS) is 22.1. The van der Waals surface area contributed by atoms with Crippen LogP contribution >= 0.6 is 0 Å². The summed E-state index contributed by atoms with van der Waals surface area (Å²) in [4.78, 5) is 12.0. The number of nitrogens with one attached hydrogen (secondary N) is 2. The average Bonchev–Trinajstić information content (AvgIpc) is 3.15. The number of nitrogens with zero attached hydrogens (tertiary/aromatic N) is 3. The Morgan fingerprint density at radius 1 is 1.26 bits per heavy atom. The van der Waals surface area contributed by atoms with Gasteiger partial charge < -0.3 is 21.5 Å². The second kappa shape index (κ2) is 9.64. The molecule has 34 heavy (non-hydrogen) atoms. The predicted octanol–water partition coefficient (Wildman–Crippen LogP) is 3.94. The number of carbonyl (C=O) groups is 1. The monoisotopic (exact) mass is 478 g/mol. The van der Waals surface area contributed by atoms with E-state index in [4.69, 9.17) is 5.73 Å². The van der Waals surface area contributed by atoms with Crippen molar-refractivity contribution in [2.75, 3.05) is 5.32 Å². The lowest BCUT2D eigenvalue weighted by molar-refractivity contribution is -0.206. The van der Waals surface area contributed by atoms with Gasteiger partial charge in [-0.3, -0.25) is 9.48 Å². The van der Waals surface area contributed by atoms with Crippen LogP contribution in [-0.2, 0) is 0 Å². The van der Waals surface area contributed by atoms with E-state index in [2.05, 4.69) is 42.6 Å². The Labute approximate surface area is 195 Å². The Bertz CT molecular complexity index is 1050. The number of alkyl halides is 3. The van der Waals surface area contributed by atoms with E-state index in [0.29, 0.717) is 18.5 Å². The van der Waals surface area contributed by atoms with E-state index < -0.39 is 18.2 Å². The molecular weight excluding hydrogens is 449 g/mol. The largest absolute Gasteiger partial charge is 0.418 e. The molecule has 0 radical (unpaired) electrons. The second-order valence-corrected chi connectivity index (χ2v) is 9.63. The maximum Gasteiger partial charge on any atom is 0.418 e. The first kappa shape index (κ1) is 25.5. The van der Waals surface area contributed by atoms with Crippen LogP contribution in [0.4, 0.5) is 24.7 Å². The average molecular weight is 479 g/mol. The molecule has 1 aliphatic rings. The SMILES string of the molecule is CC(C)(C)N[C@@H]1CC[C@H](n2cc(C(N)=O)c(Nc3ccc([C@H](O)C(F)(F)F)cc3)n2)[C@@H](C#N)C1. The zero-order valence-electron chi connectivity index (χ0n) is 19.2. The van der Waals surface area contributed by atoms with Crippen molar-refractivity contribution in [2.45, 2.75) is 69.9 Å². The standard InChI is InChI=1S/C23H29F3N6O2/c1-22(2,3)30-16-8-9-18(14(10-16)11-27)32-12-17(20(28)34)21(31-32)29-15-6-4-13(5-7-15)19(33)23(24,25)26/h4-7,12,14,16,18-19,30,33H,8-10H2,1-3H3,(H2,28,34)(H,29,31)/t14-,16-,18+,19+/m1/s1. The molecule has 11 heteroatoms. The quantitative estimate of drug-likeness (QED) is 0.498. The van der Waals surface area contributed by atoms with Gasteiger partial charge >= 0.3 is 6.18 Å². The number of primary amides is 1. The third-order valence-corrected chi connectivity index (χ3v) is 5.75. The predicted molar refractivity (Wildman–Crippen MR) is 120 cm³/mol. The highest BCUT2D eigenvalue weighted by atomic mass is 19.4. The van der Waals surface area contributed by atoms with Crippen LogP contribution in [0.1, 0.15) is 68.1 Å². The highest BCUT2D eigenvalue weighted by Gasteiger charge is 2.39. The van der Waals surface area contributed by atoms with Crippen LogP contribution in [0.15, 0.2) is 30.5 Å². The summed E-state index contributed by atoms with van der Waals surface area (Å²) in [5.41, 5.74) is 5.59. The van der Waals surface area contributed by atoms with Gasteiger partial charge in [-0.2, -0.15) is 23.5 Å². The molecule has 184 valence electrons. The van der Waals surface area contributed by atoms with Crippen LogP contribution in [0.25, 0.3) is 0 Å². The summed E-state index contributed by atoms with van der Waals surface area (Å²) in [6.07, 6.45) is -3.72. The first-order valence-corrected chi connectivity index (χ1v) is 11.0. The number of rotatable bonds is 6. The fourth-order valence-corrected chi connectivity index (χ4v) is 4.26. The summed E-state index contributed by atoms with van der Waals surface area (Å²) in [6, 6.07) is 7.25. The van der Waals surface area contributed by atoms with Crippen molar-refractivity contribution in [3.63, 3.8) is 0 Å². The van der Waals surface area contributed by atoms with E-state index in [-0.39, 0.29) is 40.5 Å². The van der Waals surface area contributed by atoms with Crippen molar-refractivity contribution in [2.24, 2.45) is 11.7 Å². The number of anilines is 2. The summed E-state index contributed by atoms with van der Waals surface area (Å²) in [6.45, 7) is 6.21. The number of hydrogen-bond acceptors (Lipinski definition) is 6. The van der Waals surface area contributed by atoms with E-state index in [1.165, 1.54) is 18.3 Å². The van der Waals surface area contributed by atoms with Crippen molar-refractivity contribution in [1.29, 1.82) is 5.26 Å². The van der Waals surface area contributed by atoms with Gasteiger partial charge in [0.2, 0.25) is 0 Å². The second-order valence-electron chi connectivity index (χ2n) is 9.63. The van der Waals surface area contributed by atoms with Gasteiger partial charge in [-0.25, -0.2) is 0 Å². The molecule has 1 heterocycles. The first-order chi connectivity index (χ1) is 15.8. The Morgan fingerprint density at radius 3 is 2.44 bits per heavy atom. The molecule has 2 aromatic rings. The summed E-state index contributed by atoms with van der Waals surface area (Å²) < 4.78 is 39.7. The molecule has 0 saturated heterocycles. The van der Waals surface area contributed by atoms with Crippen molar-refractivity contribution in [1.82, 2.24) is 15.1 Å². The summed E-state index contributed by atoms with van der Waals surface area (Å²) in [5.74, 6) is -0.914. The number of benzene rings is 1. The third kappa shape index (κ3) is 6.07. The number of amides is 1. The fourth-order valence-electron chi connectivity index (χ4n) is 4.26. The van der Waals surface area contributed by atoms with Gasteiger partial charge in [0.15, 0.2) is 11.9 Å². The molecule has 1 aromatic heterocycles. The van der Waals surface area contributed by atoms with Gasteiger partial charge in [-0.05, 0) is 57.7 Å². The molecule has 8 nitrogen and oxygen atoms in total. The number of aliphatic hydroxyl groups is 1. The van der Waals surface area contributed by atoms with E-state index in [9.17, 15) is 28.3 Å². The summed E-state index contributed by atoms with van der Waals surface area (Å²) in [7, 11) is 0. The van der Waals surface area contributed by atoms with Crippen molar-refractivity contribution in [3.8, 4) is 6.07 Å². The highest BCUT2D eigenvalue weighted by molar-refractivity contribution is 5.98. The molecular formula is C23H29F3N6O2. The van der Waals surface area contributed by atoms with Crippen molar-refractivity contribution >= 4 is 17.4 Å². The molecule has 5 N–H and O–H groups in total. The minimum absolute atomic E-state index is 0.0782. The molecule has 1 fully saturated rings. The van der Waals surface area contributed by atoms with Crippen LogP contribution in [0.3, 0.4) is 0 Å². The molecule has 1 saturated carbocycles. The zero-order chi connectivity index (χ0) is 25.3. The topological polar surface area (TPSA) is 129 Å². The number of aromatic nitrogens is 2. The number of nitrogens with two attached hydrogens (primary N) is 1. The number of hydrogen-bond donors (Lipinski definition) is 4. The lowest BCUT2D eigenvalue weighted by Gasteiger charge is -2.36.